The smallest absolute Gasteiger partial charge is 0.255 e. The first-order valence-corrected chi connectivity index (χ1v) is 9.92. The van der Waals surface area contributed by atoms with Crippen molar-refractivity contribution in [3.8, 4) is 11.6 Å². The number of anilines is 1. The molecule has 6 nitrogen and oxygen atoms in total. The van der Waals surface area contributed by atoms with Gasteiger partial charge in [-0.2, -0.15) is 0 Å². The van der Waals surface area contributed by atoms with Gasteiger partial charge < -0.3 is 14.5 Å². The molecule has 3 aromatic rings. The summed E-state index contributed by atoms with van der Waals surface area (Å²) in [7, 11) is 0. The number of nitrogens with zero attached hydrogens (tertiary/aromatic N) is 4. The van der Waals surface area contributed by atoms with E-state index in [0.29, 0.717) is 53.4 Å². The minimum Gasteiger partial charge on any atom is -0.438 e. The van der Waals surface area contributed by atoms with Crippen LogP contribution in [0.3, 0.4) is 0 Å². The first-order valence-electron chi connectivity index (χ1n) is 9.16. The second-order valence-electron chi connectivity index (χ2n) is 6.55. The predicted octanol–water partition coefficient (Wildman–Crippen LogP) is 4.54. The summed E-state index contributed by atoms with van der Waals surface area (Å²) in [6.45, 7) is 2.42. The zero-order valence-electron chi connectivity index (χ0n) is 15.5. The molecule has 8 heteroatoms. The standard InChI is InChI=1S/C21H18Cl2N4O2/c22-15-6-7-18(23)17(14-15)21(28)27-12-10-26(11-13-27)19-8-9-20(25-24-19)29-16-4-2-1-3-5-16/h1-9,14H,10-13H2. The fraction of sp³-hybridized carbons (Fsp3) is 0.190. The molecule has 0 spiro atoms. The third kappa shape index (κ3) is 4.60. The molecule has 0 N–H and O–H groups in total. The van der Waals surface area contributed by atoms with Crippen LogP contribution in [0.1, 0.15) is 10.4 Å². The van der Waals surface area contributed by atoms with Crippen LogP contribution in [0, 0.1) is 0 Å². The van der Waals surface area contributed by atoms with Crippen molar-refractivity contribution in [2.45, 2.75) is 0 Å². The summed E-state index contributed by atoms with van der Waals surface area (Å²) in [5.74, 6) is 1.78. The molecule has 0 radical (unpaired) electrons. The van der Waals surface area contributed by atoms with Gasteiger partial charge in [0.2, 0.25) is 5.88 Å². The monoisotopic (exact) mass is 428 g/mol. The molecule has 1 aliphatic rings. The number of rotatable bonds is 4. The number of para-hydroxylation sites is 1. The van der Waals surface area contributed by atoms with Gasteiger partial charge in [0.15, 0.2) is 5.82 Å². The summed E-state index contributed by atoms with van der Waals surface area (Å²) in [5.41, 5.74) is 0.426. The fourth-order valence-electron chi connectivity index (χ4n) is 3.12. The molecule has 2 aromatic carbocycles. The Morgan fingerprint density at radius 2 is 1.66 bits per heavy atom. The van der Waals surface area contributed by atoms with Crippen LogP contribution in [0.4, 0.5) is 5.82 Å². The minimum absolute atomic E-state index is 0.116. The summed E-state index contributed by atoms with van der Waals surface area (Å²) in [4.78, 5) is 16.6. The van der Waals surface area contributed by atoms with Gasteiger partial charge in [-0.15, -0.1) is 10.2 Å². The van der Waals surface area contributed by atoms with Crippen LogP contribution in [-0.4, -0.2) is 47.2 Å². The molecule has 2 heterocycles. The lowest BCUT2D eigenvalue weighted by Gasteiger charge is -2.35. The number of halogens is 2. The van der Waals surface area contributed by atoms with E-state index in [9.17, 15) is 4.79 Å². The molecule has 1 saturated heterocycles. The third-order valence-electron chi connectivity index (χ3n) is 4.64. The molecule has 1 aliphatic heterocycles. The minimum atomic E-state index is -0.116. The van der Waals surface area contributed by atoms with E-state index in [1.807, 2.05) is 36.4 Å². The quantitative estimate of drug-likeness (QED) is 0.610. The van der Waals surface area contributed by atoms with E-state index in [-0.39, 0.29) is 5.91 Å². The molecule has 0 aliphatic carbocycles. The summed E-state index contributed by atoms with van der Waals surface area (Å²) >= 11 is 12.2. The Hall–Kier alpha value is -2.83. The van der Waals surface area contributed by atoms with Gasteiger partial charge >= 0.3 is 0 Å². The van der Waals surface area contributed by atoms with E-state index in [1.54, 1.807) is 29.2 Å². The Morgan fingerprint density at radius 3 is 2.34 bits per heavy atom. The van der Waals surface area contributed by atoms with Gasteiger partial charge in [-0.3, -0.25) is 4.79 Å². The highest BCUT2D eigenvalue weighted by molar-refractivity contribution is 6.35. The van der Waals surface area contributed by atoms with Crippen LogP contribution in [0.15, 0.2) is 60.7 Å². The number of piperazine rings is 1. The fourth-order valence-corrected chi connectivity index (χ4v) is 3.49. The van der Waals surface area contributed by atoms with Crippen molar-refractivity contribution in [2.75, 3.05) is 31.1 Å². The van der Waals surface area contributed by atoms with Gasteiger partial charge in [-0.1, -0.05) is 41.4 Å². The number of carbonyl (C=O) groups excluding carboxylic acids is 1. The van der Waals surface area contributed by atoms with Crippen molar-refractivity contribution in [1.82, 2.24) is 15.1 Å². The van der Waals surface area contributed by atoms with Crippen molar-refractivity contribution >= 4 is 34.9 Å². The molecule has 1 aromatic heterocycles. The first-order chi connectivity index (χ1) is 14.1. The Bertz CT molecular complexity index is 991. The topological polar surface area (TPSA) is 58.6 Å². The van der Waals surface area contributed by atoms with Gasteiger partial charge in [0, 0.05) is 37.3 Å². The molecule has 0 atom stereocenters. The molecule has 29 heavy (non-hydrogen) atoms. The van der Waals surface area contributed by atoms with Crippen molar-refractivity contribution in [2.24, 2.45) is 0 Å². The SMILES string of the molecule is O=C(c1cc(Cl)ccc1Cl)N1CCN(c2ccc(Oc3ccccc3)nn2)CC1. The lowest BCUT2D eigenvalue weighted by molar-refractivity contribution is 0.0746. The molecule has 4 rings (SSSR count). The van der Waals surface area contributed by atoms with Gasteiger partial charge in [-0.05, 0) is 36.4 Å². The van der Waals surface area contributed by atoms with Crippen LogP contribution < -0.4 is 9.64 Å². The van der Waals surface area contributed by atoms with Crippen molar-refractivity contribution in [1.29, 1.82) is 0 Å². The molecule has 0 bridgehead atoms. The first kappa shape index (κ1) is 19.5. The Kier molecular flexibility index (Phi) is 5.83. The van der Waals surface area contributed by atoms with E-state index in [0.717, 1.165) is 5.82 Å². The molecular formula is C21H18Cl2N4O2. The van der Waals surface area contributed by atoms with Gasteiger partial charge in [0.1, 0.15) is 5.75 Å². The Balaban J connectivity index is 1.37. The second-order valence-corrected chi connectivity index (χ2v) is 7.39. The maximum absolute atomic E-state index is 12.8. The highest BCUT2D eigenvalue weighted by atomic mass is 35.5. The van der Waals surface area contributed by atoms with E-state index < -0.39 is 0 Å². The lowest BCUT2D eigenvalue weighted by atomic mass is 10.1. The van der Waals surface area contributed by atoms with Crippen LogP contribution in [0.5, 0.6) is 11.6 Å². The number of carbonyl (C=O) groups is 1. The third-order valence-corrected chi connectivity index (χ3v) is 5.21. The molecule has 1 fully saturated rings. The van der Waals surface area contributed by atoms with Crippen LogP contribution in [-0.2, 0) is 0 Å². The van der Waals surface area contributed by atoms with Crippen LogP contribution >= 0.6 is 23.2 Å². The van der Waals surface area contributed by atoms with Crippen LogP contribution in [0.25, 0.3) is 0 Å². The molecule has 0 saturated carbocycles. The zero-order chi connectivity index (χ0) is 20.2. The molecule has 1 amide bonds. The van der Waals surface area contributed by atoms with E-state index in [1.165, 1.54) is 0 Å². The molecular weight excluding hydrogens is 411 g/mol. The summed E-state index contributed by atoms with van der Waals surface area (Å²) in [5, 5.41) is 9.30. The summed E-state index contributed by atoms with van der Waals surface area (Å²) in [6, 6.07) is 18.0. The van der Waals surface area contributed by atoms with E-state index in [2.05, 4.69) is 15.1 Å². The predicted molar refractivity (Wildman–Crippen MR) is 113 cm³/mol. The van der Waals surface area contributed by atoms with Crippen molar-refractivity contribution in [3.05, 3.63) is 76.3 Å². The van der Waals surface area contributed by atoms with Crippen molar-refractivity contribution < 1.29 is 9.53 Å². The Morgan fingerprint density at radius 1 is 0.897 bits per heavy atom. The highest BCUT2D eigenvalue weighted by Gasteiger charge is 2.24. The number of hydrogen-bond acceptors (Lipinski definition) is 5. The number of hydrogen-bond donors (Lipinski definition) is 0. The normalized spacial score (nSPS) is 14.0. The summed E-state index contributed by atoms with van der Waals surface area (Å²) < 4.78 is 5.67. The number of benzene rings is 2. The zero-order valence-corrected chi connectivity index (χ0v) is 17.0. The number of aromatic nitrogens is 2. The van der Waals surface area contributed by atoms with Gasteiger partial charge in [0.05, 0.1) is 10.6 Å². The van der Waals surface area contributed by atoms with Crippen molar-refractivity contribution in [3.63, 3.8) is 0 Å². The highest BCUT2D eigenvalue weighted by Crippen LogP contribution is 2.24. The number of ether oxygens (including phenoxy) is 1. The maximum Gasteiger partial charge on any atom is 0.255 e. The number of amides is 1. The Labute approximate surface area is 178 Å². The molecule has 0 unspecified atom stereocenters. The van der Waals surface area contributed by atoms with E-state index in [4.69, 9.17) is 27.9 Å². The molecule has 148 valence electrons. The lowest BCUT2D eigenvalue weighted by Crippen LogP contribution is -2.49. The largest absolute Gasteiger partial charge is 0.438 e. The average molecular weight is 429 g/mol. The second kappa shape index (κ2) is 8.68. The van der Waals surface area contributed by atoms with Gasteiger partial charge in [0.25, 0.3) is 5.91 Å². The van der Waals surface area contributed by atoms with Gasteiger partial charge in [-0.25, -0.2) is 0 Å². The van der Waals surface area contributed by atoms with E-state index >= 15 is 0 Å². The maximum atomic E-state index is 12.8. The van der Waals surface area contributed by atoms with Crippen LogP contribution in [0.2, 0.25) is 10.0 Å². The average Bonchev–Trinajstić information content (AvgIpc) is 2.76. The summed E-state index contributed by atoms with van der Waals surface area (Å²) in [6.07, 6.45) is 0.